The van der Waals surface area contributed by atoms with Crippen LogP contribution in [0.4, 0.5) is 0 Å². The molecule has 3 N–H and O–H groups in total. The fourth-order valence-corrected chi connectivity index (χ4v) is 3.63. The Morgan fingerprint density at radius 2 is 1.89 bits per heavy atom. The van der Waals surface area contributed by atoms with Gasteiger partial charge in [-0.05, 0) is 38.1 Å². The van der Waals surface area contributed by atoms with Crippen molar-refractivity contribution in [3.63, 3.8) is 0 Å². The number of carbonyl (C=O) groups excluding carboxylic acids is 1. The number of H-pyrrole nitrogens is 1. The van der Waals surface area contributed by atoms with E-state index >= 15 is 0 Å². The third-order valence-corrected chi connectivity index (χ3v) is 5.22. The van der Waals surface area contributed by atoms with Crippen molar-refractivity contribution in [3.8, 4) is 0 Å². The number of amides is 1. The summed E-state index contributed by atoms with van der Waals surface area (Å²) in [4.78, 5) is 36.9. The Balaban J connectivity index is 0.00000280. The molecule has 1 aromatic heterocycles. The van der Waals surface area contributed by atoms with Gasteiger partial charge in [-0.1, -0.05) is 12.1 Å². The normalized spacial score (nSPS) is 15.8. The van der Waals surface area contributed by atoms with E-state index in [-0.39, 0.29) is 47.8 Å². The number of piperidine rings is 1. The number of ether oxygens (including phenoxy) is 1. The molecule has 0 bridgehead atoms. The largest absolute Gasteiger partial charge is 0.384 e. The Labute approximate surface area is 169 Å². The fourth-order valence-electron chi connectivity index (χ4n) is 3.63. The molecule has 28 heavy (non-hydrogen) atoms. The van der Waals surface area contributed by atoms with Crippen LogP contribution in [0.1, 0.15) is 19.3 Å². The van der Waals surface area contributed by atoms with Crippen LogP contribution in [0.25, 0.3) is 10.8 Å². The van der Waals surface area contributed by atoms with Gasteiger partial charge in [0.15, 0.2) is 0 Å². The molecule has 0 saturated carbocycles. The monoisotopic (exact) mass is 410 g/mol. The molecule has 1 aliphatic rings. The molecule has 1 saturated heterocycles. The zero-order valence-corrected chi connectivity index (χ0v) is 16.8. The summed E-state index contributed by atoms with van der Waals surface area (Å²) in [5, 5.41) is 9.55. The van der Waals surface area contributed by atoms with E-state index in [2.05, 4.69) is 15.7 Å². The average molecular weight is 411 g/mol. The van der Waals surface area contributed by atoms with E-state index in [1.165, 1.54) is 4.68 Å². The third kappa shape index (κ3) is 5.01. The van der Waals surface area contributed by atoms with Crippen molar-refractivity contribution in [2.75, 3.05) is 33.4 Å². The molecule has 0 radical (unpaired) electrons. The summed E-state index contributed by atoms with van der Waals surface area (Å²) in [7, 11) is 1.67. The zero-order chi connectivity index (χ0) is 19.3. The van der Waals surface area contributed by atoms with Gasteiger partial charge in [0.25, 0.3) is 11.1 Å². The van der Waals surface area contributed by atoms with Gasteiger partial charge in [-0.25, -0.2) is 4.68 Å². The van der Waals surface area contributed by atoms with Crippen LogP contribution in [0.15, 0.2) is 33.9 Å². The zero-order valence-electron chi connectivity index (χ0n) is 16.0. The van der Waals surface area contributed by atoms with Gasteiger partial charge in [-0.15, -0.1) is 12.4 Å². The van der Waals surface area contributed by atoms with Crippen molar-refractivity contribution in [2.45, 2.75) is 25.8 Å². The molecule has 1 fully saturated rings. The highest BCUT2D eigenvalue weighted by atomic mass is 35.5. The summed E-state index contributed by atoms with van der Waals surface area (Å²) in [6.07, 6.45) is 2.01. The Morgan fingerprint density at radius 1 is 1.21 bits per heavy atom. The molecule has 0 atom stereocenters. The predicted octanol–water partition coefficient (Wildman–Crippen LogP) is 0.634. The number of nitrogens with zero attached hydrogens (tertiary/aromatic N) is 1. The van der Waals surface area contributed by atoms with Gasteiger partial charge < -0.3 is 15.4 Å². The first-order valence-corrected chi connectivity index (χ1v) is 9.23. The highest BCUT2D eigenvalue weighted by Gasteiger charge is 2.32. The maximum Gasteiger partial charge on any atom is 0.273 e. The summed E-state index contributed by atoms with van der Waals surface area (Å²) >= 11 is 0. The Kier molecular flexibility index (Phi) is 7.79. The number of aromatic amines is 1. The van der Waals surface area contributed by atoms with Gasteiger partial charge in [0.05, 0.1) is 23.9 Å². The minimum Gasteiger partial charge on any atom is -0.384 e. The number of benzene rings is 1. The van der Waals surface area contributed by atoms with E-state index in [0.29, 0.717) is 23.9 Å². The van der Waals surface area contributed by atoms with E-state index in [0.717, 1.165) is 25.9 Å². The minimum absolute atomic E-state index is 0. The summed E-state index contributed by atoms with van der Waals surface area (Å²) < 4.78 is 6.56. The van der Waals surface area contributed by atoms with Crippen LogP contribution < -0.4 is 21.8 Å². The van der Waals surface area contributed by atoms with Gasteiger partial charge in [-0.2, -0.15) is 0 Å². The number of aromatic nitrogens is 2. The van der Waals surface area contributed by atoms with Crippen LogP contribution in [0.2, 0.25) is 0 Å². The number of hydrogen-bond acceptors (Lipinski definition) is 5. The SMILES string of the molecule is COCC1(CNC(=O)CCn2[nH]c(=O)c3ccccc3c2=O)CCNCC1.Cl. The average Bonchev–Trinajstić information content (AvgIpc) is 2.69. The van der Waals surface area contributed by atoms with Crippen molar-refractivity contribution in [2.24, 2.45) is 5.41 Å². The van der Waals surface area contributed by atoms with E-state index in [1.54, 1.807) is 31.4 Å². The second-order valence-corrected chi connectivity index (χ2v) is 7.15. The Bertz CT molecular complexity index is 913. The number of aryl methyl sites for hydroxylation is 1. The number of methoxy groups -OCH3 is 1. The molecule has 3 rings (SSSR count). The molecule has 0 unspecified atom stereocenters. The summed E-state index contributed by atoms with van der Waals surface area (Å²) in [6.45, 7) is 3.10. The first kappa shape index (κ1) is 22.1. The summed E-state index contributed by atoms with van der Waals surface area (Å²) in [5.74, 6) is -0.148. The number of carbonyl (C=O) groups is 1. The van der Waals surface area contributed by atoms with Crippen LogP contribution in [0, 0.1) is 5.41 Å². The molecule has 2 heterocycles. The van der Waals surface area contributed by atoms with Crippen LogP contribution in [0.3, 0.4) is 0 Å². The van der Waals surface area contributed by atoms with E-state index in [9.17, 15) is 14.4 Å². The van der Waals surface area contributed by atoms with Gasteiger partial charge in [0, 0.05) is 25.5 Å². The van der Waals surface area contributed by atoms with E-state index in [4.69, 9.17) is 4.74 Å². The maximum absolute atomic E-state index is 12.5. The molecule has 2 aromatic rings. The van der Waals surface area contributed by atoms with Gasteiger partial charge in [-0.3, -0.25) is 19.5 Å². The first-order chi connectivity index (χ1) is 13.0. The molecule has 0 aliphatic carbocycles. The highest BCUT2D eigenvalue weighted by Crippen LogP contribution is 2.28. The van der Waals surface area contributed by atoms with Crippen LogP contribution in [-0.2, 0) is 16.1 Å². The molecule has 0 spiro atoms. The predicted molar refractivity (Wildman–Crippen MR) is 110 cm³/mol. The van der Waals surface area contributed by atoms with Crippen molar-refractivity contribution >= 4 is 29.1 Å². The molecule has 154 valence electrons. The minimum atomic E-state index is -0.334. The lowest BCUT2D eigenvalue weighted by atomic mass is 9.79. The molecule has 1 amide bonds. The number of rotatable bonds is 7. The van der Waals surface area contributed by atoms with Crippen LogP contribution in [-0.4, -0.2) is 49.0 Å². The van der Waals surface area contributed by atoms with E-state index in [1.807, 2.05) is 0 Å². The van der Waals surface area contributed by atoms with Crippen molar-refractivity contribution < 1.29 is 9.53 Å². The smallest absolute Gasteiger partial charge is 0.273 e. The highest BCUT2D eigenvalue weighted by molar-refractivity contribution is 5.85. The second kappa shape index (κ2) is 9.86. The van der Waals surface area contributed by atoms with E-state index < -0.39 is 0 Å². The standard InChI is InChI=1S/C19H26N4O4.ClH/c1-27-13-19(7-9-20-10-8-19)12-21-16(24)6-11-23-18(26)15-5-3-2-4-14(15)17(25)22-23;/h2-5,20H,6-13H2,1H3,(H,21,24)(H,22,25);1H. The molecule has 1 aromatic carbocycles. The number of nitrogens with one attached hydrogen (secondary N) is 3. The van der Waals surface area contributed by atoms with Crippen molar-refractivity contribution in [3.05, 3.63) is 45.0 Å². The molecular weight excluding hydrogens is 384 g/mol. The lowest BCUT2D eigenvalue weighted by Gasteiger charge is -2.37. The number of hydrogen-bond donors (Lipinski definition) is 3. The second-order valence-electron chi connectivity index (χ2n) is 7.15. The quantitative estimate of drug-likeness (QED) is 0.621. The maximum atomic E-state index is 12.5. The summed E-state index contributed by atoms with van der Waals surface area (Å²) in [6, 6.07) is 6.66. The summed E-state index contributed by atoms with van der Waals surface area (Å²) in [5.41, 5.74) is -0.685. The van der Waals surface area contributed by atoms with Gasteiger partial charge >= 0.3 is 0 Å². The lowest BCUT2D eigenvalue weighted by molar-refractivity contribution is -0.122. The lowest BCUT2D eigenvalue weighted by Crippen LogP contribution is -2.47. The molecule has 8 nitrogen and oxygen atoms in total. The molecule has 1 aliphatic heterocycles. The number of fused-ring (bicyclic) bond motifs is 1. The topological polar surface area (TPSA) is 105 Å². The molecular formula is C19H27ClN4O4. The molecule has 9 heteroatoms. The van der Waals surface area contributed by atoms with Crippen LogP contribution in [0.5, 0.6) is 0 Å². The van der Waals surface area contributed by atoms with Crippen molar-refractivity contribution in [1.29, 1.82) is 0 Å². The Morgan fingerprint density at radius 3 is 2.57 bits per heavy atom. The third-order valence-electron chi connectivity index (χ3n) is 5.22. The first-order valence-electron chi connectivity index (χ1n) is 9.23. The fraction of sp³-hybridized carbons (Fsp3) is 0.526. The van der Waals surface area contributed by atoms with Crippen LogP contribution >= 0.6 is 12.4 Å². The van der Waals surface area contributed by atoms with Crippen molar-refractivity contribution in [1.82, 2.24) is 20.4 Å². The number of halogens is 1. The Hall–Kier alpha value is -2.16. The van der Waals surface area contributed by atoms with Gasteiger partial charge in [0.1, 0.15) is 0 Å². The van der Waals surface area contributed by atoms with Gasteiger partial charge in [0.2, 0.25) is 5.91 Å².